The summed E-state index contributed by atoms with van der Waals surface area (Å²) in [5, 5.41) is 3.61. The van der Waals surface area contributed by atoms with Crippen LogP contribution in [0, 0.1) is 0 Å². The summed E-state index contributed by atoms with van der Waals surface area (Å²) >= 11 is 0. The first-order valence-corrected chi connectivity index (χ1v) is 2.05. The van der Waals surface area contributed by atoms with Crippen molar-refractivity contribution in [1.29, 1.82) is 1.43 Å². The highest BCUT2D eigenvalue weighted by Gasteiger charge is 2.01. The fourth-order valence-electron chi connectivity index (χ4n) is 0.395. The summed E-state index contributed by atoms with van der Waals surface area (Å²) in [6, 6.07) is 2.98. The number of carbonyl (C=O) groups is 1. The minimum atomic E-state index is -0.778. The third-order valence-corrected chi connectivity index (χ3v) is 0.722. The zero-order chi connectivity index (χ0) is 6.69. The number of hydrogen-bond acceptors (Lipinski definition) is 3. The van der Waals surface area contributed by atoms with Gasteiger partial charge in [-0.1, -0.05) is 0 Å². The Morgan fingerprint density at radius 2 is 2.88 bits per heavy atom. The SMILES string of the molecule is [3H]OC(=O)c1ccco1. The summed E-state index contributed by atoms with van der Waals surface area (Å²) in [7, 11) is 0. The maximum atomic E-state index is 10.4. The van der Waals surface area contributed by atoms with Crippen LogP contribution in [0.1, 0.15) is 10.6 Å². The Bertz CT molecular complexity index is 192. The first-order chi connectivity index (χ1) is 4.34. The minimum Gasteiger partial charge on any atom is -0.475 e. The van der Waals surface area contributed by atoms with Crippen LogP contribution in [0.4, 0.5) is 0 Å². The molecular formula is C5H4O3. The first kappa shape index (κ1) is 3.72. The molecule has 3 heteroatoms. The van der Waals surface area contributed by atoms with E-state index in [-0.39, 0.29) is 5.76 Å². The summed E-state index contributed by atoms with van der Waals surface area (Å²) in [4.78, 5) is 10.4. The van der Waals surface area contributed by atoms with Crippen LogP contribution in [0.5, 0.6) is 0 Å². The number of carboxylic acids is 1. The van der Waals surface area contributed by atoms with Gasteiger partial charge in [-0.25, -0.2) is 4.79 Å². The van der Waals surface area contributed by atoms with Crippen LogP contribution < -0.4 is 0 Å². The summed E-state index contributed by atoms with van der Waals surface area (Å²) in [5.74, 6) is -0.731. The predicted molar refractivity (Wildman–Crippen MR) is 25.7 cm³/mol. The van der Waals surface area contributed by atoms with Crippen molar-refractivity contribution in [1.82, 2.24) is 0 Å². The van der Waals surface area contributed by atoms with Gasteiger partial charge in [0.15, 0.2) is 0 Å². The van der Waals surface area contributed by atoms with E-state index in [4.69, 9.17) is 1.43 Å². The smallest absolute Gasteiger partial charge is 0.371 e. The van der Waals surface area contributed by atoms with Crippen LogP contribution >= 0.6 is 0 Å². The molecule has 3 nitrogen and oxygen atoms in total. The van der Waals surface area contributed by atoms with Gasteiger partial charge in [-0.2, -0.15) is 0 Å². The Hall–Kier alpha value is -1.25. The Morgan fingerprint density at radius 1 is 2.00 bits per heavy atom. The molecule has 0 bridgehead atoms. The zero-order valence-electron chi connectivity index (χ0n) is 4.96. The van der Waals surface area contributed by atoms with Crippen molar-refractivity contribution in [3.8, 4) is 0 Å². The average Bonchev–Trinajstić information content (AvgIpc) is 2.37. The number of carboxylic acid groups (broad SMARTS) is 1. The second-order valence-electron chi connectivity index (χ2n) is 1.26. The maximum Gasteiger partial charge on any atom is 0.371 e. The highest BCUT2D eigenvalue weighted by atomic mass is 16.4. The number of aromatic carboxylic acids is 1. The lowest BCUT2D eigenvalue weighted by Crippen LogP contribution is -1.90. The van der Waals surface area contributed by atoms with Gasteiger partial charge in [-0.3, -0.25) is 0 Å². The van der Waals surface area contributed by atoms with E-state index in [9.17, 15) is 4.79 Å². The quantitative estimate of drug-likeness (QED) is 0.592. The molecule has 0 radical (unpaired) electrons. The van der Waals surface area contributed by atoms with Crippen molar-refractivity contribution >= 4 is 5.97 Å². The van der Waals surface area contributed by atoms with Crippen LogP contribution in [-0.4, -0.2) is 11.1 Å². The van der Waals surface area contributed by atoms with E-state index >= 15 is 0 Å². The van der Waals surface area contributed by atoms with E-state index < -0.39 is 5.97 Å². The van der Waals surface area contributed by atoms with E-state index in [1.807, 2.05) is 0 Å². The molecule has 1 aromatic rings. The van der Waals surface area contributed by atoms with Gasteiger partial charge in [0, 0.05) is 0 Å². The van der Waals surface area contributed by atoms with Crippen LogP contribution in [0.25, 0.3) is 1.43 Å². The topological polar surface area (TPSA) is 50.4 Å². The van der Waals surface area contributed by atoms with Crippen LogP contribution in [0.2, 0.25) is 0 Å². The Kier molecular flexibility index (Phi) is 0.787. The molecule has 0 aliphatic heterocycles. The van der Waals surface area contributed by atoms with Crippen LogP contribution in [0.15, 0.2) is 22.8 Å². The lowest BCUT2D eigenvalue weighted by Gasteiger charge is -1.79. The number of rotatable bonds is 1. The molecule has 0 unspecified atom stereocenters. The van der Waals surface area contributed by atoms with Gasteiger partial charge in [0.2, 0.25) is 5.76 Å². The molecule has 0 spiro atoms. The van der Waals surface area contributed by atoms with Crippen molar-refractivity contribution in [2.75, 3.05) is 0 Å². The molecule has 0 fully saturated rings. The lowest BCUT2D eigenvalue weighted by atomic mass is 10.5. The molecule has 8 heavy (non-hydrogen) atoms. The summed E-state index contributed by atoms with van der Waals surface area (Å²) < 4.78 is 10.8. The molecule has 0 aromatic carbocycles. The number of furan rings is 1. The van der Waals surface area contributed by atoms with Crippen LogP contribution in [-0.2, 0) is 0 Å². The fourth-order valence-corrected chi connectivity index (χ4v) is 0.395. The van der Waals surface area contributed by atoms with Crippen molar-refractivity contribution in [3.63, 3.8) is 0 Å². The van der Waals surface area contributed by atoms with Gasteiger partial charge in [-0.15, -0.1) is 0 Å². The van der Waals surface area contributed by atoms with Crippen molar-refractivity contribution in [3.05, 3.63) is 24.2 Å². The maximum absolute atomic E-state index is 10.4. The molecule has 0 saturated heterocycles. The molecule has 0 aliphatic carbocycles. The average molecular weight is 114 g/mol. The van der Waals surface area contributed by atoms with Gasteiger partial charge in [-0.05, 0) is 12.1 Å². The molecule has 1 heterocycles. The number of hydrogen-bond donors (Lipinski definition) is 1. The zero-order valence-corrected chi connectivity index (χ0v) is 3.96. The molecule has 0 amide bonds. The van der Waals surface area contributed by atoms with Crippen molar-refractivity contribution < 1.29 is 14.3 Å². The van der Waals surface area contributed by atoms with E-state index in [0.29, 0.717) is 0 Å². The summed E-state index contributed by atoms with van der Waals surface area (Å²) in [6.07, 6.45) is 1.34. The van der Waals surface area contributed by atoms with Crippen LogP contribution in [0.3, 0.4) is 0 Å². The Morgan fingerprint density at radius 3 is 3.38 bits per heavy atom. The predicted octanol–water partition coefficient (Wildman–Crippen LogP) is 0.978. The Balaban J connectivity index is 2.77. The molecule has 42 valence electrons. The van der Waals surface area contributed by atoms with E-state index in [1.54, 1.807) is 6.07 Å². The molecule has 0 atom stereocenters. The lowest BCUT2D eigenvalue weighted by molar-refractivity contribution is 0.0662. The molecule has 1 rings (SSSR count). The normalized spacial score (nSPS) is 10.2. The summed E-state index contributed by atoms with van der Waals surface area (Å²) in [6.45, 7) is 0. The first-order valence-electron chi connectivity index (χ1n) is 2.46. The van der Waals surface area contributed by atoms with Gasteiger partial charge in [0.1, 0.15) is 0 Å². The standard InChI is InChI=1S/C5H4O3/c6-5(7)4-2-1-3-8-4/h1-3H,(H,6,7)/i/hT. The second-order valence-corrected chi connectivity index (χ2v) is 1.26. The van der Waals surface area contributed by atoms with Gasteiger partial charge in [0.25, 0.3) is 1.43 Å². The molecule has 1 aromatic heterocycles. The monoisotopic (exact) mass is 114 g/mol. The largest absolute Gasteiger partial charge is 0.475 e. The molecule has 1 N–H and O–H groups in total. The minimum absolute atomic E-state index is 0.0463. The van der Waals surface area contributed by atoms with Crippen molar-refractivity contribution in [2.45, 2.75) is 0 Å². The van der Waals surface area contributed by atoms with E-state index in [2.05, 4.69) is 9.53 Å². The highest BCUT2D eigenvalue weighted by Crippen LogP contribution is 1.97. The highest BCUT2D eigenvalue weighted by molar-refractivity contribution is 5.84. The molecule has 0 aliphatic rings. The van der Waals surface area contributed by atoms with Gasteiger partial charge < -0.3 is 9.53 Å². The van der Waals surface area contributed by atoms with Gasteiger partial charge in [0.05, 0.1) is 6.26 Å². The van der Waals surface area contributed by atoms with Crippen molar-refractivity contribution in [2.24, 2.45) is 0 Å². The third-order valence-electron chi connectivity index (χ3n) is 0.722. The second kappa shape index (κ2) is 1.69. The third kappa shape index (κ3) is 0.703. The van der Waals surface area contributed by atoms with Gasteiger partial charge >= 0.3 is 5.97 Å². The molecular weight excluding hydrogens is 108 g/mol. The fraction of sp³-hybridized carbons (Fsp3) is 0. The van der Waals surface area contributed by atoms with E-state index in [1.165, 1.54) is 12.3 Å². The Labute approximate surface area is 47.0 Å². The summed E-state index contributed by atoms with van der Waals surface area (Å²) in [5.41, 5.74) is 0. The van der Waals surface area contributed by atoms with E-state index in [0.717, 1.165) is 0 Å². The molecule has 0 saturated carbocycles.